The highest BCUT2D eigenvalue weighted by Crippen LogP contribution is 2.25. The maximum absolute atomic E-state index is 9.70. The van der Waals surface area contributed by atoms with E-state index >= 15 is 0 Å². The highest BCUT2D eigenvalue weighted by molar-refractivity contribution is 5.76. The van der Waals surface area contributed by atoms with Crippen molar-refractivity contribution in [2.45, 2.75) is 11.8 Å². The monoisotopic (exact) mass is 218 g/mol. The molecule has 6 N–H and O–H groups in total. The zero-order valence-corrected chi connectivity index (χ0v) is 8.67. The average molecular weight is 218 g/mol. The number of hydrogen-bond acceptors (Lipinski definition) is 4. The van der Waals surface area contributed by atoms with Gasteiger partial charge in [-0.1, -0.05) is 18.2 Å². The van der Waals surface area contributed by atoms with E-state index in [1.807, 2.05) is 6.07 Å². The molecule has 1 unspecified atom stereocenters. The van der Waals surface area contributed by atoms with Gasteiger partial charge in [-0.15, -0.1) is 0 Å². The van der Waals surface area contributed by atoms with Gasteiger partial charge in [0.1, 0.15) is 17.5 Å². The van der Waals surface area contributed by atoms with Crippen LogP contribution in [0.25, 0.3) is 5.57 Å². The fourth-order valence-electron chi connectivity index (χ4n) is 1.58. The van der Waals surface area contributed by atoms with Crippen molar-refractivity contribution >= 4 is 5.57 Å². The first kappa shape index (κ1) is 10.9. The third kappa shape index (κ3) is 1.99. The lowest BCUT2D eigenvalue weighted by atomic mass is 9.92. The molecule has 0 heterocycles. The van der Waals surface area contributed by atoms with Gasteiger partial charge in [0.25, 0.3) is 0 Å². The normalized spacial score (nSPS) is 22.9. The Bertz CT molecular complexity index is 464. The second-order valence-corrected chi connectivity index (χ2v) is 3.95. The van der Waals surface area contributed by atoms with Gasteiger partial charge in [-0.2, -0.15) is 0 Å². The maximum atomic E-state index is 9.70. The molecule has 4 heteroatoms. The minimum atomic E-state index is -1.22. The van der Waals surface area contributed by atoms with Crippen LogP contribution in [0.2, 0.25) is 0 Å². The van der Waals surface area contributed by atoms with Gasteiger partial charge in [0.2, 0.25) is 0 Å². The minimum absolute atomic E-state index is 0.179. The van der Waals surface area contributed by atoms with Crippen LogP contribution in [0.5, 0.6) is 5.75 Å². The Balaban J connectivity index is 2.35. The summed E-state index contributed by atoms with van der Waals surface area (Å²) in [6, 6.07) is 6.77. The molecule has 0 bridgehead atoms. The summed E-state index contributed by atoms with van der Waals surface area (Å²) in [6.07, 6.45) is 3.93. The molecule has 0 radical (unpaired) electrons. The van der Waals surface area contributed by atoms with Crippen LogP contribution < -0.4 is 11.5 Å². The van der Waals surface area contributed by atoms with Gasteiger partial charge >= 0.3 is 0 Å². The van der Waals surface area contributed by atoms with Gasteiger partial charge < -0.3 is 21.7 Å². The summed E-state index contributed by atoms with van der Waals surface area (Å²) in [6.45, 7) is 0. The zero-order valence-electron chi connectivity index (χ0n) is 8.67. The highest BCUT2D eigenvalue weighted by atomic mass is 16.3. The van der Waals surface area contributed by atoms with Crippen LogP contribution in [0, 0.1) is 0 Å². The predicted octanol–water partition coefficient (Wildman–Crippen LogP) is 0.320. The molecule has 0 saturated heterocycles. The van der Waals surface area contributed by atoms with Crippen molar-refractivity contribution in [1.82, 2.24) is 0 Å². The SMILES string of the molecule is NC1(N)C=CC(c2cccc(O)c2)=CC1O. The van der Waals surface area contributed by atoms with Crippen LogP contribution in [-0.2, 0) is 0 Å². The molecule has 0 aromatic heterocycles. The largest absolute Gasteiger partial charge is 0.508 e. The molecule has 1 aromatic rings. The van der Waals surface area contributed by atoms with Gasteiger partial charge in [0.05, 0.1) is 0 Å². The maximum Gasteiger partial charge on any atom is 0.116 e. The molecule has 0 saturated carbocycles. The number of benzene rings is 1. The Morgan fingerprint density at radius 2 is 2.00 bits per heavy atom. The van der Waals surface area contributed by atoms with E-state index in [1.54, 1.807) is 36.4 Å². The number of rotatable bonds is 1. The number of allylic oxidation sites excluding steroid dienone is 2. The molecule has 1 aromatic carbocycles. The van der Waals surface area contributed by atoms with E-state index in [0.29, 0.717) is 0 Å². The van der Waals surface area contributed by atoms with E-state index in [9.17, 15) is 10.2 Å². The lowest BCUT2D eigenvalue weighted by Gasteiger charge is -2.28. The number of phenols is 1. The molecule has 2 rings (SSSR count). The smallest absolute Gasteiger partial charge is 0.116 e. The molecule has 16 heavy (non-hydrogen) atoms. The zero-order chi connectivity index (χ0) is 11.8. The summed E-state index contributed by atoms with van der Waals surface area (Å²) in [5.41, 5.74) is 11.7. The van der Waals surface area contributed by atoms with Crippen molar-refractivity contribution in [3.05, 3.63) is 48.1 Å². The second-order valence-electron chi connectivity index (χ2n) is 3.95. The van der Waals surface area contributed by atoms with Crippen molar-refractivity contribution in [2.24, 2.45) is 11.5 Å². The molecule has 0 amide bonds. The molecule has 0 aliphatic heterocycles. The first-order valence-corrected chi connectivity index (χ1v) is 4.95. The van der Waals surface area contributed by atoms with Crippen molar-refractivity contribution in [3.63, 3.8) is 0 Å². The summed E-state index contributed by atoms with van der Waals surface area (Å²) in [5, 5.41) is 19.0. The van der Waals surface area contributed by atoms with Gasteiger partial charge in [-0.05, 0) is 35.4 Å². The van der Waals surface area contributed by atoms with Crippen LogP contribution in [0.4, 0.5) is 0 Å². The number of hydrogen-bond donors (Lipinski definition) is 4. The molecule has 84 valence electrons. The van der Waals surface area contributed by atoms with Gasteiger partial charge in [0.15, 0.2) is 0 Å². The first-order chi connectivity index (χ1) is 7.49. The highest BCUT2D eigenvalue weighted by Gasteiger charge is 2.27. The molecule has 0 fully saturated rings. The molecular weight excluding hydrogens is 204 g/mol. The Morgan fingerprint density at radius 1 is 1.25 bits per heavy atom. The first-order valence-electron chi connectivity index (χ1n) is 4.95. The van der Waals surface area contributed by atoms with E-state index in [4.69, 9.17) is 11.5 Å². The van der Waals surface area contributed by atoms with E-state index in [0.717, 1.165) is 11.1 Å². The summed E-state index contributed by atoms with van der Waals surface area (Å²) >= 11 is 0. The number of aliphatic hydroxyl groups excluding tert-OH is 1. The molecular formula is C12H14N2O2. The fourth-order valence-corrected chi connectivity index (χ4v) is 1.58. The fraction of sp³-hybridized carbons (Fsp3) is 0.167. The second kappa shape index (κ2) is 3.75. The number of phenolic OH excluding ortho intramolecular Hbond substituents is 1. The Kier molecular flexibility index (Phi) is 2.55. The lowest BCUT2D eigenvalue weighted by molar-refractivity contribution is 0.156. The number of aromatic hydroxyl groups is 1. The summed E-state index contributed by atoms with van der Waals surface area (Å²) in [4.78, 5) is 0. The van der Waals surface area contributed by atoms with Gasteiger partial charge in [-0.25, -0.2) is 0 Å². The summed E-state index contributed by atoms with van der Waals surface area (Å²) in [5.74, 6) is 0.179. The Hall–Kier alpha value is -1.62. The number of aliphatic hydroxyl groups is 1. The van der Waals surface area contributed by atoms with E-state index in [1.165, 1.54) is 0 Å². The van der Waals surface area contributed by atoms with Crippen LogP contribution in [0.15, 0.2) is 42.5 Å². The van der Waals surface area contributed by atoms with E-state index in [2.05, 4.69) is 0 Å². The van der Waals surface area contributed by atoms with Crippen LogP contribution >= 0.6 is 0 Å². The standard InChI is InChI=1S/C12H14N2O2/c13-12(14)5-4-9(7-11(12)16)8-2-1-3-10(15)6-8/h1-7,11,15-16H,13-14H2. The van der Waals surface area contributed by atoms with Crippen molar-refractivity contribution in [2.75, 3.05) is 0 Å². The van der Waals surface area contributed by atoms with Crippen molar-refractivity contribution < 1.29 is 10.2 Å². The Morgan fingerprint density at radius 3 is 2.62 bits per heavy atom. The quantitative estimate of drug-likeness (QED) is 0.511. The van der Waals surface area contributed by atoms with Gasteiger partial charge in [0, 0.05) is 0 Å². The van der Waals surface area contributed by atoms with E-state index < -0.39 is 11.8 Å². The van der Waals surface area contributed by atoms with Crippen molar-refractivity contribution in [1.29, 1.82) is 0 Å². The summed E-state index contributed by atoms with van der Waals surface area (Å²) < 4.78 is 0. The van der Waals surface area contributed by atoms with E-state index in [-0.39, 0.29) is 5.75 Å². The third-order valence-corrected chi connectivity index (χ3v) is 2.58. The molecule has 1 aliphatic rings. The van der Waals surface area contributed by atoms with Crippen LogP contribution in [-0.4, -0.2) is 22.0 Å². The molecule has 4 nitrogen and oxygen atoms in total. The molecule has 0 spiro atoms. The third-order valence-electron chi connectivity index (χ3n) is 2.58. The molecule has 1 aliphatic carbocycles. The number of nitrogens with two attached hydrogens (primary N) is 2. The van der Waals surface area contributed by atoms with Gasteiger partial charge in [-0.3, -0.25) is 0 Å². The predicted molar refractivity (Wildman–Crippen MR) is 62.3 cm³/mol. The average Bonchev–Trinajstić information content (AvgIpc) is 2.22. The van der Waals surface area contributed by atoms with Crippen LogP contribution in [0.3, 0.4) is 0 Å². The molecule has 1 atom stereocenters. The Labute approximate surface area is 93.5 Å². The topological polar surface area (TPSA) is 92.5 Å². The van der Waals surface area contributed by atoms with Crippen molar-refractivity contribution in [3.8, 4) is 5.75 Å². The lowest BCUT2D eigenvalue weighted by Crippen LogP contribution is -2.57. The van der Waals surface area contributed by atoms with Crippen LogP contribution in [0.1, 0.15) is 5.56 Å². The summed E-state index contributed by atoms with van der Waals surface area (Å²) in [7, 11) is 0. The minimum Gasteiger partial charge on any atom is -0.508 e.